The molecule has 0 fully saturated rings. The van der Waals surface area contributed by atoms with E-state index in [1.807, 2.05) is 33.8 Å². The van der Waals surface area contributed by atoms with Crippen LogP contribution in [0.1, 0.15) is 34.6 Å². The molecular formula is C15H26O2S2. The van der Waals surface area contributed by atoms with Crippen molar-refractivity contribution in [3.8, 4) is 5.75 Å². The lowest BCUT2D eigenvalue weighted by Crippen LogP contribution is -2.19. The Morgan fingerprint density at radius 1 is 1.00 bits per heavy atom. The van der Waals surface area contributed by atoms with E-state index in [9.17, 15) is 0 Å². The Balaban J connectivity index is -0.000000242. The van der Waals surface area contributed by atoms with Crippen LogP contribution in [0.15, 0.2) is 30.5 Å². The number of benzene rings is 1. The normalized spacial score (nSPS) is 7.32. The molecule has 19 heavy (non-hydrogen) atoms. The van der Waals surface area contributed by atoms with E-state index >= 15 is 0 Å². The van der Waals surface area contributed by atoms with Gasteiger partial charge in [-0.05, 0) is 29.5 Å². The van der Waals surface area contributed by atoms with Crippen LogP contribution in [0, 0.1) is 0 Å². The third kappa shape index (κ3) is 14.9. The lowest BCUT2D eigenvalue weighted by Gasteiger charge is -1.94. The number of thiol groups is 2. The quantitative estimate of drug-likeness (QED) is 0.485. The summed E-state index contributed by atoms with van der Waals surface area (Å²) in [5.74, 6) is 1.31. The Hall–Kier alpha value is -1.00. The van der Waals surface area contributed by atoms with Crippen molar-refractivity contribution < 1.29 is 8.37 Å². The molecule has 0 amide bonds. The molecule has 0 unspecified atom stereocenters. The molecule has 0 radical (unpaired) electrons. The first-order valence-corrected chi connectivity index (χ1v) is 6.80. The highest BCUT2D eigenvalue weighted by Crippen LogP contribution is 2.04. The predicted octanol–water partition coefficient (Wildman–Crippen LogP) is 4.16. The van der Waals surface area contributed by atoms with Crippen LogP contribution in [-0.4, -0.2) is 0 Å². The molecule has 110 valence electrons. The van der Waals surface area contributed by atoms with Crippen LogP contribution in [0.5, 0.6) is 5.75 Å². The van der Waals surface area contributed by atoms with Crippen molar-refractivity contribution in [2.24, 2.45) is 0 Å². The van der Waals surface area contributed by atoms with Gasteiger partial charge in [-0.2, -0.15) is 0 Å². The summed E-state index contributed by atoms with van der Waals surface area (Å²) < 4.78 is 8.93. The molecule has 2 nitrogen and oxygen atoms in total. The smallest absolute Gasteiger partial charge is 0.137 e. The third-order valence-electron chi connectivity index (χ3n) is 1.44. The number of allylic oxidation sites excluding steroid dienone is 1. The Bertz CT molecular complexity index is 417. The van der Waals surface area contributed by atoms with Gasteiger partial charge in [0, 0.05) is 25.8 Å². The molecule has 1 rings (SSSR count). The van der Waals surface area contributed by atoms with Gasteiger partial charge in [-0.25, -0.2) is 0 Å². The molecule has 0 spiro atoms. The van der Waals surface area contributed by atoms with Gasteiger partial charge in [0.25, 0.3) is 0 Å². The van der Waals surface area contributed by atoms with Crippen molar-refractivity contribution in [3.63, 3.8) is 0 Å². The lowest BCUT2D eigenvalue weighted by molar-refractivity contribution is 0.515. The van der Waals surface area contributed by atoms with Crippen LogP contribution in [-0.2, 0) is 4.18 Å². The first-order valence-electron chi connectivity index (χ1n) is 6.07. The van der Waals surface area contributed by atoms with E-state index in [0.29, 0.717) is 11.5 Å². The summed E-state index contributed by atoms with van der Waals surface area (Å²) >= 11 is 7.06. The van der Waals surface area contributed by atoms with E-state index < -0.39 is 0 Å². The van der Waals surface area contributed by atoms with Crippen molar-refractivity contribution in [2.45, 2.75) is 34.6 Å². The molecule has 0 saturated heterocycles. The van der Waals surface area contributed by atoms with Crippen molar-refractivity contribution in [3.05, 3.63) is 41.0 Å². The van der Waals surface area contributed by atoms with Crippen molar-refractivity contribution in [1.29, 1.82) is 0 Å². The molecular weight excluding hydrogens is 276 g/mol. The lowest BCUT2D eigenvalue weighted by atomic mass is 10.2. The Labute approximate surface area is 129 Å². The van der Waals surface area contributed by atoms with Crippen LogP contribution in [0.2, 0.25) is 0 Å². The second-order valence-corrected chi connectivity index (χ2v) is 3.18. The van der Waals surface area contributed by atoms with E-state index in [-0.39, 0.29) is 0 Å². The Morgan fingerprint density at radius 2 is 1.42 bits per heavy atom. The summed E-state index contributed by atoms with van der Waals surface area (Å²) in [5.41, 5.74) is 0. The van der Waals surface area contributed by atoms with Gasteiger partial charge in [-0.3, -0.25) is 0 Å². The molecule has 0 N–H and O–H groups in total. The van der Waals surface area contributed by atoms with Crippen molar-refractivity contribution in [2.75, 3.05) is 0 Å². The third-order valence-corrected chi connectivity index (χ3v) is 1.96. The van der Waals surface area contributed by atoms with Gasteiger partial charge in [0.15, 0.2) is 0 Å². The fourth-order valence-corrected chi connectivity index (χ4v) is 0.773. The maximum Gasteiger partial charge on any atom is 0.137 e. The molecule has 1 aromatic rings. The van der Waals surface area contributed by atoms with Gasteiger partial charge in [0.1, 0.15) is 11.5 Å². The molecule has 0 aromatic heterocycles. The van der Waals surface area contributed by atoms with E-state index in [1.165, 1.54) is 0 Å². The highest BCUT2D eigenvalue weighted by atomic mass is 32.1. The molecule has 1 aromatic carbocycles. The summed E-state index contributed by atoms with van der Waals surface area (Å²) in [7, 11) is 0. The monoisotopic (exact) mass is 302 g/mol. The topological polar surface area (TPSA) is 18.5 Å². The highest BCUT2D eigenvalue weighted by molar-refractivity contribution is 7.75. The van der Waals surface area contributed by atoms with Crippen LogP contribution < -0.4 is 14.6 Å². The highest BCUT2D eigenvalue weighted by Gasteiger charge is 1.87. The first kappa shape index (κ1) is 23.1. The minimum atomic E-state index is 0.619. The second kappa shape index (κ2) is 17.0. The Kier molecular flexibility index (Phi) is 20.7. The van der Waals surface area contributed by atoms with E-state index in [0.717, 1.165) is 10.4 Å². The zero-order valence-corrected chi connectivity index (χ0v) is 14.4. The molecule has 0 saturated carbocycles. The fourth-order valence-electron chi connectivity index (χ4n) is 0.659. The van der Waals surface area contributed by atoms with Gasteiger partial charge in [-0.1, -0.05) is 53.5 Å². The second-order valence-electron chi connectivity index (χ2n) is 2.82. The van der Waals surface area contributed by atoms with Gasteiger partial charge >= 0.3 is 0 Å². The minimum Gasteiger partial charge on any atom is -0.434 e. The maximum atomic E-state index is 4.68. The molecule has 0 heterocycles. The number of rotatable bonds is 2. The van der Waals surface area contributed by atoms with Crippen LogP contribution in [0.25, 0.3) is 13.2 Å². The van der Waals surface area contributed by atoms with E-state index in [1.54, 1.807) is 19.1 Å². The Morgan fingerprint density at radius 3 is 1.68 bits per heavy atom. The zero-order chi connectivity index (χ0) is 15.8. The number of hydrogen-bond acceptors (Lipinski definition) is 4. The zero-order valence-electron chi connectivity index (χ0n) is 12.6. The van der Waals surface area contributed by atoms with Crippen LogP contribution in [0.4, 0.5) is 0 Å². The first-order chi connectivity index (χ1) is 9.01. The van der Waals surface area contributed by atoms with Gasteiger partial charge in [0.2, 0.25) is 0 Å². The van der Waals surface area contributed by atoms with Crippen LogP contribution in [0.3, 0.4) is 0 Å². The summed E-state index contributed by atoms with van der Waals surface area (Å²) in [5, 5.41) is 1.78. The molecule has 0 bridgehead atoms. The minimum absolute atomic E-state index is 0.619. The van der Waals surface area contributed by atoms with E-state index in [4.69, 9.17) is 0 Å². The average Bonchev–Trinajstić information content (AvgIpc) is 2.46. The van der Waals surface area contributed by atoms with Gasteiger partial charge in [-0.15, -0.1) is 0 Å². The molecule has 0 aliphatic heterocycles. The summed E-state index contributed by atoms with van der Waals surface area (Å²) in [6.07, 6.45) is 0. The maximum absolute atomic E-state index is 4.68. The fraction of sp³-hybridized carbons (Fsp3) is 0.333. The summed E-state index contributed by atoms with van der Waals surface area (Å²) in [6, 6.07) is 5.42. The summed E-state index contributed by atoms with van der Waals surface area (Å²) in [6.45, 7) is 20.6. The molecule has 4 heteroatoms. The van der Waals surface area contributed by atoms with Crippen LogP contribution >= 0.6 is 25.8 Å². The molecule has 0 atom stereocenters. The molecule has 0 aliphatic carbocycles. The van der Waals surface area contributed by atoms with Crippen molar-refractivity contribution >= 4 is 39.0 Å². The van der Waals surface area contributed by atoms with Crippen molar-refractivity contribution in [1.82, 2.24) is 0 Å². The van der Waals surface area contributed by atoms with Gasteiger partial charge in [0.05, 0.1) is 0 Å². The largest absolute Gasteiger partial charge is 0.434 e. The summed E-state index contributed by atoms with van der Waals surface area (Å²) in [4.78, 5) is 0. The number of hydrogen-bond donors (Lipinski definition) is 2. The van der Waals surface area contributed by atoms with E-state index in [2.05, 4.69) is 53.9 Å². The predicted molar refractivity (Wildman–Crippen MR) is 93.9 cm³/mol. The van der Waals surface area contributed by atoms with Gasteiger partial charge < -0.3 is 8.37 Å². The standard InChI is InChI=1S/C8H8OS.C3H6OS.2C2H6/c1-6-3-4-8(9-10)5-7(6)2;1-3(2)4-5;2*1-2/h3-5,10H,1-2H2;5H,1H2,2H3;2*1-2H3. The SMILES string of the molecule is C=C(C)OS.C=c1ccc(OS)cc1=C.CC.CC. The molecule has 0 aliphatic rings. The average molecular weight is 303 g/mol.